The highest BCUT2D eigenvalue weighted by Crippen LogP contribution is 2.31. The fourth-order valence-electron chi connectivity index (χ4n) is 2.80. The van der Waals surface area contributed by atoms with Crippen LogP contribution in [0, 0.1) is 6.92 Å². The van der Waals surface area contributed by atoms with Gasteiger partial charge in [0.15, 0.2) is 5.43 Å². The summed E-state index contributed by atoms with van der Waals surface area (Å²) in [4.78, 5) is 13.0. The molecule has 1 aromatic heterocycles. The molecule has 0 radical (unpaired) electrons. The van der Waals surface area contributed by atoms with E-state index in [4.69, 9.17) is 5.11 Å². The summed E-state index contributed by atoms with van der Waals surface area (Å²) in [6.07, 6.45) is -0.749. The molecule has 25 heavy (non-hydrogen) atoms. The highest BCUT2D eigenvalue weighted by Gasteiger charge is 2.11. The zero-order valence-corrected chi connectivity index (χ0v) is 14.9. The first-order chi connectivity index (χ1) is 12.1. The van der Waals surface area contributed by atoms with Crippen molar-refractivity contribution in [3.63, 3.8) is 0 Å². The van der Waals surface area contributed by atoms with E-state index >= 15 is 0 Å². The Balaban J connectivity index is 1.87. The standard InChI is InChI=1S/C19H22N2O3S/c1-12-6-7-15(21-9-8-20-10-13(23)11-22)17-18(24)14-4-2-3-5-16(14)25-19(12)17/h2-7,13,20-23H,8-11H2,1H3. The van der Waals surface area contributed by atoms with E-state index in [1.54, 1.807) is 11.3 Å². The summed E-state index contributed by atoms with van der Waals surface area (Å²) < 4.78 is 2.01. The number of nitrogens with one attached hydrogen (secondary N) is 2. The second-order valence-electron chi connectivity index (χ2n) is 6.03. The predicted octanol–water partition coefficient (Wildman–Crippen LogP) is 2.08. The van der Waals surface area contributed by atoms with Gasteiger partial charge in [-0.15, -0.1) is 11.3 Å². The number of hydrogen-bond donors (Lipinski definition) is 4. The summed E-state index contributed by atoms with van der Waals surface area (Å²) in [6, 6.07) is 11.7. The summed E-state index contributed by atoms with van der Waals surface area (Å²) in [5.41, 5.74) is 1.98. The van der Waals surface area contributed by atoms with Crippen molar-refractivity contribution in [2.24, 2.45) is 0 Å². The number of aliphatic hydroxyl groups excluding tert-OH is 2. The molecule has 3 rings (SSSR count). The van der Waals surface area contributed by atoms with Gasteiger partial charge >= 0.3 is 0 Å². The molecule has 3 aromatic rings. The lowest BCUT2D eigenvalue weighted by Gasteiger charge is -2.13. The molecule has 0 spiro atoms. The van der Waals surface area contributed by atoms with E-state index in [2.05, 4.69) is 10.6 Å². The third kappa shape index (κ3) is 3.82. The van der Waals surface area contributed by atoms with Crippen LogP contribution in [-0.2, 0) is 0 Å². The van der Waals surface area contributed by atoms with Gasteiger partial charge in [-0.1, -0.05) is 18.2 Å². The van der Waals surface area contributed by atoms with Crippen LogP contribution in [0.25, 0.3) is 20.2 Å². The lowest BCUT2D eigenvalue weighted by atomic mass is 10.1. The van der Waals surface area contributed by atoms with Gasteiger partial charge in [0.05, 0.1) is 18.1 Å². The van der Waals surface area contributed by atoms with Gasteiger partial charge in [0, 0.05) is 40.1 Å². The molecule has 2 aromatic carbocycles. The van der Waals surface area contributed by atoms with Crippen LogP contribution in [-0.4, -0.2) is 42.6 Å². The molecule has 1 unspecified atom stereocenters. The summed E-state index contributed by atoms with van der Waals surface area (Å²) in [5.74, 6) is 0. The molecule has 0 aliphatic heterocycles. The second-order valence-corrected chi connectivity index (χ2v) is 7.08. The van der Waals surface area contributed by atoms with Crippen molar-refractivity contribution in [3.8, 4) is 0 Å². The van der Waals surface area contributed by atoms with Gasteiger partial charge in [-0.3, -0.25) is 4.79 Å². The number of fused-ring (bicyclic) bond motifs is 2. The molecular formula is C19H22N2O3S. The average Bonchev–Trinajstić information content (AvgIpc) is 2.63. The highest BCUT2D eigenvalue weighted by atomic mass is 32.1. The molecule has 0 saturated carbocycles. The Kier molecular flexibility index (Phi) is 5.65. The number of aliphatic hydroxyl groups is 2. The number of aryl methyl sites for hydroxylation is 1. The van der Waals surface area contributed by atoms with Crippen molar-refractivity contribution in [2.45, 2.75) is 13.0 Å². The van der Waals surface area contributed by atoms with Crippen LogP contribution in [0.15, 0.2) is 41.2 Å². The lowest BCUT2D eigenvalue weighted by Crippen LogP contribution is -2.32. The fraction of sp³-hybridized carbons (Fsp3) is 0.316. The van der Waals surface area contributed by atoms with Crippen molar-refractivity contribution in [3.05, 3.63) is 52.2 Å². The molecule has 0 amide bonds. The molecule has 0 aliphatic carbocycles. The smallest absolute Gasteiger partial charge is 0.197 e. The minimum atomic E-state index is -0.749. The monoisotopic (exact) mass is 358 g/mol. The topological polar surface area (TPSA) is 81.6 Å². The van der Waals surface area contributed by atoms with Gasteiger partial charge in [0.2, 0.25) is 0 Å². The molecule has 0 saturated heterocycles. The van der Waals surface area contributed by atoms with E-state index in [9.17, 15) is 9.90 Å². The Hall–Kier alpha value is -1.99. The normalized spacial score (nSPS) is 12.6. The van der Waals surface area contributed by atoms with Crippen LogP contribution in [0.4, 0.5) is 5.69 Å². The van der Waals surface area contributed by atoms with Crippen molar-refractivity contribution in [1.29, 1.82) is 0 Å². The number of anilines is 1. The quantitative estimate of drug-likeness (QED) is 0.384. The molecule has 4 N–H and O–H groups in total. The third-order valence-corrected chi connectivity index (χ3v) is 5.44. The summed E-state index contributed by atoms with van der Waals surface area (Å²) in [7, 11) is 0. The maximum absolute atomic E-state index is 13.0. The van der Waals surface area contributed by atoms with Gasteiger partial charge < -0.3 is 20.8 Å². The van der Waals surface area contributed by atoms with Gasteiger partial charge in [0.25, 0.3) is 0 Å². The first-order valence-electron chi connectivity index (χ1n) is 8.30. The molecular weight excluding hydrogens is 336 g/mol. The van der Waals surface area contributed by atoms with Crippen LogP contribution < -0.4 is 16.1 Å². The first kappa shape index (κ1) is 17.8. The Morgan fingerprint density at radius 3 is 2.76 bits per heavy atom. The fourth-order valence-corrected chi connectivity index (χ4v) is 3.97. The van der Waals surface area contributed by atoms with Gasteiger partial charge in [-0.25, -0.2) is 0 Å². The molecule has 1 heterocycles. The minimum absolute atomic E-state index is 0.0548. The SMILES string of the molecule is Cc1ccc(NCCNCC(O)CO)c2c(=O)c3ccccc3sc12. The Morgan fingerprint density at radius 2 is 1.96 bits per heavy atom. The molecule has 0 fully saturated rings. The number of hydrogen-bond acceptors (Lipinski definition) is 6. The van der Waals surface area contributed by atoms with E-state index in [0.717, 1.165) is 31.4 Å². The third-order valence-electron chi connectivity index (χ3n) is 4.13. The van der Waals surface area contributed by atoms with Crippen LogP contribution in [0.3, 0.4) is 0 Å². The van der Waals surface area contributed by atoms with Crippen molar-refractivity contribution in [1.82, 2.24) is 5.32 Å². The zero-order valence-electron chi connectivity index (χ0n) is 14.1. The predicted molar refractivity (Wildman–Crippen MR) is 105 cm³/mol. The maximum atomic E-state index is 13.0. The van der Waals surface area contributed by atoms with E-state index in [0.29, 0.717) is 19.6 Å². The van der Waals surface area contributed by atoms with E-state index in [1.165, 1.54) is 0 Å². The van der Waals surface area contributed by atoms with E-state index in [1.807, 2.05) is 43.3 Å². The molecule has 6 heteroatoms. The molecule has 5 nitrogen and oxygen atoms in total. The molecule has 1 atom stereocenters. The highest BCUT2D eigenvalue weighted by molar-refractivity contribution is 7.24. The van der Waals surface area contributed by atoms with Crippen LogP contribution in [0.1, 0.15) is 5.56 Å². The van der Waals surface area contributed by atoms with Crippen molar-refractivity contribution in [2.75, 3.05) is 31.6 Å². The average molecular weight is 358 g/mol. The maximum Gasteiger partial charge on any atom is 0.197 e. The van der Waals surface area contributed by atoms with Crippen LogP contribution >= 0.6 is 11.3 Å². The largest absolute Gasteiger partial charge is 0.394 e. The van der Waals surface area contributed by atoms with Crippen LogP contribution in [0.5, 0.6) is 0 Å². The number of rotatable bonds is 7. The van der Waals surface area contributed by atoms with Crippen LogP contribution in [0.2, 0.25) is 0 Å². The zero-order chi connectivity index (χ0) is 17.8. The second kappa shape index (κ2) is 7.93. The lowest BCUT2D eigenvalue weighted by molar-refractivity contribution is 0.0949. The summed E-state index contributed by atoms with van der Waals surface area (Å²) in [6.45, 7) is 3.35. The van der Waals surface area contributed by atoms with Gasteiger partial charge in [-0.05, 0) is 30.7 Å². The summed E-state index contributed by atoms with van der Waals surface area (Å²) >= 11 is 1.64. The van der Waals surface area contributed by atoms with Gasteiger partial charge in [0.1, 0.15) is 0 Å². The summed E-state index contributed by atoms with van der Waals surface area (Å²) in [5, 5.41) is 26.0. The molecule has 132 valence electrons. The van der Waals surface area contributed by atoms with Gasteiger partial charge in [-0.2, -0.15) is 0 Å². The number of benzene rings is 2. The molecule has 0 aliphatic rings. The Morgan fingerprint density at radius 1 is 1.16 bits per heavy atom. The Bertz CT molecular complexity index is 939. The van der Waals surface area contributed by atoms with Crippen molar-refractivity contribution >= 4 is 37.2 Å². The van der Waals surface area contributed by atoms with Crippen molar-refractivity contribution < 1.29 is 10.2 Å². The van der Waals surface area contributed by atoms with E-state index in [-0.39, 0.29) is 12.0 Å². The Labute approximate surface area is 149 Å². The minimum Gasteiger partial charge on any atom is -0.394 e. The first-order valence-corrected chi connectivity index (χ1v) is 9.12. The molecule has 0 bridgehead atoms. The van der Waals surface area contributed by atoms with E-state index < -0.39 is 6.10 Å².